The lowest BCUT2D eigenvalue weighted by Gasteiger charge is -2.36. The average molecular weight is 487 g/mol. The van der Waals surface area contributed by atoms with Gasteiger partial charge in [-0.1, -0.05) is 56.3 Å². The first-order valence-electron chi connectivity index (χ1n) is 13.3. The summed E-state index contributed by atoms with van der Waals surface area (Å²) in [6, 6.07) is 20.9. The smallest absolute Gasteiger partial charge is 0.129 e. The molecule has 0 N–H and O–H groups in total. The molecule has 36 heavy (non-hydrogen) atoms. The van der Waals surface area contributed by atoms with Crippen molar-refractivity contribution in [2.45, 2.75) is 71.5 Å². The molecule has 0 fully saturated rings. The molecule has 0 aliphatic carbocycles. The minimum atomic E-state index is -0.123. The Balaban J connectivity index is 1.38. The predicted molar refractivity (Wildman–Crippen MR) is 144 cm³/mol. The van der Waals surface area contributed by atoms with Gasteiger partial charge in [0.2, 0.25) is 0 Å². The van der Waals surface area contributed by atoms with Crippen LogP contribution in [0.5, 0.6) is 23.0 Å². The molecule has 2 aliphatic heterocycles. The Labute approximate surface area is 215 Å². The largest absolute Gasteiger partial charge is 0.493 e. The van der Waals surface area contributed by atoms with Crippen LogP contribution in [0.3, 0.4) is 0 Å². The Morgan fingerprint density at radius 3 is 2.64 bits per heavy atom. The summed E-state index contributed by atoms with van der Waals surface area (Å²) in [5.41, 5.74) is 4.67. The van der Waals surface area contributed by atoms with Gasteiger partial charge in [0.15, 0.2) is 0 Å². The van der Waals surface area contributed by atoms with E-state index in [1.54, 1.807) is 0 Å². The zero-order valence-electron chi connectivity index (χ0n) is 22.0. The maximum Gasteiger partial charge on any atom is 0.129 e. The molecule has 3 aromatic carbocycles. The fraction of sp³-hybridized carbons (Fsp3) is 0.438. The van der Waals surface area contributed by atoms with Gasteiger partial charge in [0.1, 0.15) is 35.2 Å². The standard InChI is InChI=1S/C32H38O4/c1-22(2)15-17-33-26-11-12-27(30(19-26)34-20-23-8-6-5-7-9-23)25-18-24-10-13-29-28(31(24)35-21-25)14-16-32(3,4)36-29/h5-13,19,22,25H,14-18,20-21H2,1-4H3. The lowest BCUT2D eigenvalue weighted by atomic mass is 9.86. The van der Waals surface area contributed by atoms with E-state index in [1.165, 1.54) is 16.7 Å². The molecule has 190 valence electrons. The number of rotatable bonds is 8. The molecule has 4 heteroatoms. The molecule has 0 bridgehead atoms. The Morgan fingerprint density at radius 2 is 1.83 bits per heavy atom. The molecule has 1 atom stereocenters. The summed E-state index contributed by atoms with van der Waals surface area (Å²) in [6.07, 6.45) is 3.94. The molecule has 0 amide bonds. The Kier molecular flexibility index (Phi) is 7.13. The molecule has 3 aromatic rings. The van der Waals surface area contributed by atoms with Crippen LogP contribution in [0.25, 0.3) is 0 Å². The Morgan fingerprint density at radius 1 is 1.00 bits per heavy atom. The summed E-state index contributed by atoms with van der Waals surface area (Å²) >= 11 is 0. The van der Waals surface area contributed by atoms with Crippen molar-refractivity contribution in [1.82, 2.24) is 0 Å². The first kappa shape index (κ1) is 24.5. The van der Waals surface area contributed by atoms with Crippen molar-refractivity contribution < 1.29 is 18.9 Å². The van der Waals surface area contributed by atoms with Gasteiger partial charge in [-0.2, -0.15) is 0 Å². The van der Waals surface area contributed by atoms with Gasteiger partial charge in [0.05, 0.1) is 13.2 Å². The van der Waals surface area contributed by atoms with Gasteiger partial charge in [-0.15, -0.1) is 0 Å². The first-order chi connectivity index (χ1) is 17.4. The summed E-state index contributed by atoms with van der Waals surface area (Å²) in [4.78, 5) is 0. The van der Waals surface area contributed by atoms with Gasteiger partial charge in [-0.3, -0.25) is 0 Å². The molecule has 5 rings (SSSR count). The maximum absolute atomic E-state index is 6.43. The van der Waals surface area contributed by atoms with Crippen LogP contribution in [0.4, 0.5) is 0 Å². The zero-order valence-corrected chi connectivity index (χ0v) is 22.0. The monoisotopic (exact) mass is 486 g/mol. The third-order valence-electron chi connectivity index (χ3n) is 7.18. The molecular weight excluding hydrogens is 448 g/mol. The predicted octanol–water partition coefficient (Wildman–Crippen LogP) is 7.51. The molecule has 2 heterocycles. The highest BCUT2D eigenvalue weighted by Gasteiger charge is 2.32. The van der Waals surface area contributed by atoms with E-state index in [2.05, 4.69) is 70.2 Å². The van der Waals surface area contributed by atoms with E-state index in [9.17, 15) is 0 Å². The van der Waals surface area contributed by atoms with Crippen LogP contribution in [0.2, 0.25) is 0 Å². The van der Waals surface area contributed by atoms with Gasteiger partial charge in [0, 0.05) is 23.1 Å². The molecule has 0 radical (unpaired) electrons. The second-order valence-corrected chi connectivity index (χ2v) is 11.1. The average Bonchev–Trinajstić information content (AvgIpc) is 2.87. The van der Waals surface area contributed by atoms with Crippen LogP contribution < -0.4 is 18.9 Å². The number of fused-ring (bicyclic) bond motifs is 3. The molecule has 2 aliphatic rings. The van der Waals surface area contributed by atoms with Crippen LogP contribution in [0.1, 0.15) is 68.7 Å². The summed E-state index contributed by atoms with van der Waals surface area (Å²) < 4.78 is 25.1. The molecule has 0 aromatic heterocycles. The zero-order chi connectivity index (χ0) is 25.1. The molecule has 4 nitrogen and oxygen atoms in total. The van der Waals surface area contributed by atoms with E-state index in [1.807, 2.05) is 18.2 Å². The minimum Gasteiger partial charge on any atom is -0.493 e. The second kappa shape index (κ2) is 10.5. The van der Waals surface area contributed by atoms with Crippen molar-refractivity contribution in [3.63, 3.8) is 0 Å². The van der Waals surface area contributed by atoms with Gasteiger partial charge in [-0.05, 0) is 68.7 Å². The highest BCUT2D eigenvalue weighted by Crippen LogP contribution is 2.45. The third-order valence-corrected chi connectivity index (χ3v) is 7.18. The molecule has 0 saturated heterocycles. The molecule has 0 spiro atoms. The van der Waals surface area contributed by atoms with Crippen LogP contribution >= 0.6 is 0 Å². The number of hydrogen-bond donors (Lipinski definition) is 0. The highest BCUT2D eigenvalue weighted by atomic mass is 16.5. The molecular formula is C32H38O4. The van der Waals surface area contributed by atoms with Crippen LogP contribution in [0, 0.1) is 5.92 Å². The van der Waals surface area contributed by atoms with Crippen LogP contribution in [-0.4, -0.2) is 18.8 Å². The fourth-order valence-electron chi connectivity index (χ4n) is 5.03. The lowest BCUT2D eigenvalue weighted by molar-refractivity contribution is 0.0826. The van der Waals surface area contributed by atoms with Gasteiger partial charge >= 0.3 is 0 Å². The summed E-state index contributed by atoms with van der Waals surface area (Å²) in [6.45, 7) is 10.6. The van der Waals surface area contributed by atoms with E-state index in [0.717, 1.165) is 54.2 Å². The van der Waals surface area contributed by atoms with E-state index >= 15 is 0 Å². The van der Waals surface area contributed by atoms with Gasteiger partial charge in [0.25, 0.3) is 0 Å². The fourth-order valence-corrected chi connectivity index (χ4v) is 5.03. The van der Waals surface area contributed by atoms with Crippen molar-refractivity contribution in [3.8, 4) is 23.0 Å². The Bertz CT molecular complexity index is 1180. The maximum atomic E-state index is 6.43. The summed E-state index contributed by atoms with van der Waals surface area (Å²) in [5.74, 6) is 4.55. The van der Waals surface area contributed by atoms with Crippen molar-refractivity contribution >= 4 is 0 Å². The molecule has 1 unspecified atom stereocenters. The quantitative estimate of drug-likeness (QED) is 0.330. The van der Waals surface area contributed by atoms with Crippen molar-refractivity contribution in [2.75, 3.05) is 13.2 Å². The lowest BCUT2D eigenvalue weighted by Crippen LogP contribution is -2.33. The summed E-state index contributed by atoms with van der Waals surface area (Å²) in [7, 11) is 0. The van der Waals surface area contributed by atoms with E-state index in [0.29, 0.717) is 25.7 Å². The number of hydrogen-bond acceptors (Lipinski definition) is 4. The number of benzene rings is 3. The van der Waals surface area contributed by atoms with Crippen molar-refractivity contribution in [1.29, 1.82) is 0 Å². The van der Waals surface area contributed by atoms with Crippen molar-refractivity contribution in [2.24, 2.45) is 5.92 Å². The van der Waals surface area contributed by atoms with E-state index in [4.69, 9.17) is 18.9 Å². The minimum absolute atomic E-state index is 0.123. The van der Waals surface area contributed by atoms with Crippen molar-refractivity contribution in [3.05, 3.63) is 82.9 Å². The van der Waals surface area contributed by atoms with Crippen LogP contribution in [-0.2, 0) is 19.4 Å². The SMILES string of the molecule is CC(C)CCOc1ccc(C2COc3c(ccc4c3CCC(C)(C)O4)C2)c(OCc2ccccc2)c1. The van der Waals surface area contributed by atoms with Crippen LogP contribution in [0.15, 0.2) is 60.7 Å². The number of ether oxygens (including phenoxy) is 4. The molecule has 0 saturated carbocycles. The third kappa shape index (κ3) is 5.64. The normalized spacial score (nSPS) is 18.0. The first-order valence-corrected chi connectivity index (χ1v) is 13.3. The highest BCUT2D eigenvalue weighted by molar-refractivity contribution is 5.54. The van der Waals surface area contributed by atoms with Gasteiger partial charge < -0.3 is 18.9 Å². The second-order valence-electron chi connectivity index (χ2n) is 11.1. The summed E-state index contributed by atoms with van der Waals surface area (Å²) in [5, 5.41) is 0. The Hall–Kier alpha value is -3.14. The van der Waals surface area contributed by atoms with E-state index < -0.39 is 0 Å². The topological polar surface area (TPSA) is 36.9 Å². The van der Waals surface area contributed by atoms with E-state index in [-0.39, 0.29) is 11.5 Å². The van der Waals surface area contributed by atoms with Gasteiger partial charge in [-0.25, -0.2) is 0 Å².